The lowest BCUT2D eigenvalue weighted by Crippen LogP contribution is -2.13. The van der Waals surface area contributed by atoms with Gasteiger partial charge in [0, 0.05) is 0 Å². The quantitative estimate of drug-likeness (QED) is 0.557. The molecule has 1 aromatic carbocycles. The Hall–Kier alpha value is -1.66. The highest BCUT2D eigenvalue weighted by molar-refractivity contribution is 5.89. The van der Waals surface area contributed by atoms with Crippen molar-refractivity contribution in [3.8, 4) is 0 Å². The van der Waals surface area contributed by atoms with Crippen molar-refractivity contribution >= 4 is 5.97 Å². The fraction of sp³-hybridized carbons (Fsp3) is 0.222. The van der Waals surface area contributed by atoms with Crippen molar-refractivity contribution in [1.82, 2.24) is 0 Å². The van der Waals surface area contributed by atoms with Crippen LogP contribution >= 0.6 is 0 Å². The van der Waals surface area contributed by atoms with E-state index < -0.39 is 34.9 Å². The topological polar surface area (TPSA) is 26.3 Å². The first-order chi connectivity index (χ1) is 7.27. The van der Waals surface area contributed by atoms with Gasteiger partial charge in [-0.05, 0) is 12.1 Å². The lowest BCUT2D eigenvalue weighted by molar-refractivity contribution is -0.142. The van der Waals surface area contributed by atoms with Gasteiger partial charge in [-0.3, -0.25) is 0 Å². The first-order valence-electron chi connectivity index (χ1n) is 3.92. The van der Waals surface area contributed by atoms with Crippen LogP contribution in [0.25, 0.3) is 0 Å². The molecule has 7 heteroatoms. The molecule has 0 amide bonds. The van der Waals surface area contributed by atoms with Gasteiger partial charge >= 0.3 is 12.1 Å². The summed E-state index contributed by atoms with van der Waals surface area (Å²) < 4.78 is 66.4. The largest absolute Gasteiger partial charge is 0.465 e. The minimum Gasteiger partial charge on any atom is -0.465 e. The molecule has 0 aliphatic rings. The summed E-state index contributed by atoms with van der Waals surface area (Å²) in [6, 6.07) is 0.551. The molecule has 2 nitrogen and oxygen atoms in total. The number of carbonyl (C=O) groups is 1. The minimum absolute atomic E-state index is 0.276. The highest BCUT2D eigenvalue weighted by atomic mass is 19.4. The first-order valence-corrected chi connectivity index (χ1v) is 3.92. The fourth-order valence-corrected chi connectivity index (χ4v) is 1.08. The zero-order chi connectivity index (χ0) is 12.5. The van der Waals surface area contributed by atoms with Gasteiger partial charge in [0.15, 0.2) is 0 Å². The van der Waals surface area contributed by atoms with Gasteiger partial charge in [0.25, 0.3) is 0 Å². The van der Waals surface area contributed by atoms with Gasteiger partial charge in [-0.1, -0.05) is 0 Å². The predicted molar refractivity (Wildman–Crippen MR) is 42.7 cm³/mol. The van der Waals surface area contributed by atoms with Gasteiger partial charge < -0.3 is 4.74 Å². The van der Waals surface area contributed by atoms with E-state index in [4.69, 9.17) is 0 Å². The summed E-state index contributed by atoms with van der Waals surface area (Å²) in [6.07, 6.45) is -5.15. The summed E-state index contributed by atoms with van der Waals surface area (Å²) in [5, 5.41) is 0. The molecule has 0 saturated heterocycles. The molecule has 0 aliphatic heterocycles. The maximum Gasteiger partial charge on any atom is 0.422 e. The van der Waals surface area contributed by atoms with Crippen LogP contribution in [0.3, 0.4) is 0 Å². The van der Waals surface area contributed by atoms with Crippen molar-refractivity contribution in [2.45, 2.75) is 6.18 Å². The smallest absolute Gasteiger partial charge is 0.422 e. The van der Waals surface area contributed by atoms with E-state index in [-0.39, 0.29) is 12.1 Å². The summed E-state index contributed by atoms with van der Waals surface area (Å²) in [7, 11) is 0.940. The number of esters is 1. The first kappa shape index (κ1) is 12.4. The summed E-state index contributed by atoms with van der Waals surface area (Å²) in [5.74, 6) is -4.83. The number of halogens is 5. The Labute approximate surface area is 86.6 Å². The molecule has 88 valence electrons. The fourth-order valence-electron chi connectivity index (χ4n) is 1.08. The third-order valence-electron chi connectivity index (χ3n) is 1.75. The number of ether oxygens (including phenoxy) is 1. The van der Waals surface area contributed by atoms with Crippen molar-refractivity contribution in [3.63, 3.8) is 0 Å². The van der Waals surface area contributed by atoms with Crippen molar-refractivity contribution in [2.75, 3.05) is 7.11 Å². The lowest BCUT2D eigenvalue weighted by Gasteiger charge is -2.10. The van der Waals surface area contributed by atoms with Crippen LogP contribution in [-0.2, 0) is 10.9 Å². The average Bonchev–Trinajstić information content (AvgIpc) is 2.13. The van der Waals surface area contributed by atoms with E-state index in [1.807, 2.05) is 0 Å². The molecule has 16 heavy (non-hydrogen) atoms. The molecule has 0 aliphatic carbocycles. The Morgan fingerprint density at radius 3 is 1.94 bits per heavy atom. The minimum atomic E-state index is -5.15. The van der Waals surface area contributed by atoms with E-state index >= 15 is 0 Å². The van der Waals surface area contributed by atoms with E-state index in [0.717, 1.165) is 7.11 Å². The van der Waals surface area contributed by atoms with Crippen LogP contribution in [0.15, 0.2) is 12.1 Å². The third-order valence-corrected chi connectivity index (χ3v) is 1.75. The number of methoxy groups -OCH3 is 1. The van der Waals surface area contributed by atoms with Gasteiger partial charge in [0.2, 0.25) is 0 Å². The zero-order valence-corrected chi connectivity index (χ0v) is 7.86. The number of rotatable bonds is 1. The van der Waals surface area contributed by atoms with E-state index in [2.05, 4.69) is 4.74 Å². The van der Waals surface area contributed by atoms with Crippen LogP contribution in [0, 0.1) is 11.6 Å². The van der Waals surface area contributed by atoms with Crippen molar-refractivity contribution in [1.29, 1.82) is 0 Å². The van der Waals surface area contributed by atoms with Crippen molar-refractivity contribution < 1.29 is 31.5 Å². The highest BCUT2D eigenvalue weighted by Gasteiger charge is 2.38. The molecule has 1 aromatic rings. The molecule has 0 N–H and O–H groups in total. The average molecular weight is 240 g/mol. The van der Waals surface area contributed by atoms with E-state index in [9.17, 15) is 26.7 Å². The second-order valence-electron chi connectivity index (χ2n) is 2.80. The van der Waals surface area contributed by atoms with Crippen molar-refractivity contribution in [2.24, 2.45) is 0 Å². The summed E-state index contributed by atoms with van der Waals surface area (Å²) in [5.41, 5.74) is -2.65. The monoisotopic (exact) mass is 240 g/mol. The maximum absolute atomic E-state index is 12.9. The molecule has 0 unspecified atom stereocenters. The van der Waals surface area contributed by atoms with Crippen LogP contribution in [0.2, 0.25) is 0 Å². The van der Waals surface area contributed by atoms with Crippen LogP contribution in [-0.4, -0.2) is 13.1 Å². The number of hydrogen-bond acceptors (Lipinski definition) is 2. The SMILES string of the molecule is COC(=O)c1cc(F)c(C(F)(F)F)c(F)c1. The molecule has 0 fully saturated rings. The Morgan fingerprint density at radius 1 is 1.19 bits per heavy atom. The molecule has 1 rings (SSSR count). The van der Waals surface area contributed by atoms with Gasteiger partial charge in [-0.25, -0.2) is 13.6 Å². The molecule has 0 aromatic heterocycles. The van der Waals surface area contributed by atoms with Crippen LogP contribution in [0.5, 0.6) is 0 Å². The molecular formula is C9H5F5O2. The molecule has 0 saturated carbocycles. The Morgan fingerprint density at radius 2 is 1.62 bits per heavy atom. The van der Waals surface area contributed by atoms with Gasteiger partial charge in [-0.15, -0.1) is 0 Å². The van der Waals surface area contributed by atoms with E-state index in [0.29, 0.717) is 0 Å². The number of hydrogen-bond donors (Lipinski definition) is 0. The number of benzene rings is 1. The summed E-state index contributed by atoms with van der Waals surface area (Å²) in [6.45, 7) is 0. The second kappa shape index (κ2) is 4.07. The maximum atomic E-state index is 12.9. The second-order valence-corrected chi connectivity index (χ2v) is 2.80. The zero-order valence-electron chi connectivity index (χ0n) is 7.86. The molecule has 0 radical (unpaired) electrons. The molecule has 0 bridgehead atoms. The lowest BCUT2D eigenvalue weighted by atomic mass is 10.1. The van der Waals surface area contributed by atoms with Gasteiger partial charge in [0.1, 0.15) is 17.2 Å². The normalized spacial score (nSPS) is 11.4. The molecule has 0 atom stereocenters. The Bertz CT molecular complexity index is 401. The standard InChI is InChI=1S/C9H5F5O2/c1-16-8(15)4-2-5(10)7(6(11)3-4)9(12,13)14/h2-3H,1H3. The number of alkyl halides is 3. The van der Waals surface area contributed by atoms with Crippen LogP contribution in [0.4, 0.5) is 22.0 Å². The molecule has 0 spiro atoms. The van der Waals surface area contributed by atoms with Crippen molar-refractivity contribution in [3.05, 3.63) is 34.9 Å². The predicted octanol–water partition coefficient (Wildman–Crippen LogP) is 2.77. The Kier molecular flexibility index (Phi) is 3.16. The van der Waals surface area contributed by atoms with E-state index in [1.165, 1.54) is 0 Å². The molecular weight excluding hydrogens is 235 g/mol. The van der Waals surface area contributed by atoms with Gasteiger partial charge in [-0.2, -0.15) is 13.2 Å². The Balaban J connectivity index is 3.34. The number of carbonyl (C=O) groups excluding carboxylic acids is 1. The van der Waals surface area contributed by atoms with Crippen LogP contribution in [0.1, 0.15) is 15.9 Å². The van der Waals surface area contributed by atoms with Gasteiger partial charge in [0.05, 0.1) is 12.7 Å². The highest BCUT2D eigenvalue weighted by Crippen LogP contribution is 2.33. The third kappa shape index (κ3) is 2.29. The van der Waals surface area contributed by atoms with E-state index in [1.54, 1.807) is 0 Å². The van der Waals surface area contributed by atoms with Crippen LogP contribution < -0.4 is 0 Å². The summed E-state index contributed by atoms with van der Waals surface area (Å²) >= 11 is 0. The summed E-state index contributed by atoms with van der Waals surface area (Å²) in [4.78, 5) is 10.8. The molecule has 0 heterocycles.